The molecule has 0 saturated carbocycles. The van der Waals surface area contributed by atoms with Gasteiger partial charge >= 0.3 is 0 Å². The third kappa shape index (κ3) is 4.58. The van der Waals surface area contributed by atoms with Gasteiger partial charge in [-0.05, 0) is 6.07 Å². The van der Waals surface area contributed by atoms with E-state index in [0.717, 1.165) is 5.69 Å². The van der Waals surface area contributed by atoms with Crippen LogP contribution in [0.1, 0.15) is 0 Å². The number of rotatable bonds is 7. The third-order valence-corrected chi connectivity index (χ3v) is 1.73. The number of hydrogen-bond donors (Lipinski definition) is 4. The van der Waals surface area contributed by atoms with Gasteiger partial charge < -0.3 is 21.2 Å². The molecular formula is C9H15N5O2. The van der Waals surface area contributed by atoms with Crippen molar-refractivity contribution in [3.63, 3.8) is 0 Å². The zero-order valence-electron chi connectivity index (χ0n) is 8.77. The number of ether oxygens (including phenoxy) is 1. The van der Waals surface area contributed by atoms with Crippen LogP contribution in [0.2, 0.25) is 0 Å². The molecule has 7 heteroatoms. The van der Waals surface area contributed by atoms with Crippen molar-refractivity contribution in [2.45, 2.75) is 0 Å². The van der Waals surface area contributed by atoms with Crippen LogP contribution in [-0.2, 0) is 9.53 Å². The lowest BCUT2D eigenvalue weighted by molar-refractivity contribution is -0.122. The third-order valence-electron chi connectivity index (χ3n) is 1.73. The smallest absolute Gasteiger partial charge is 0.243 e. The fraction of sp³-hybridized carbons (Fsp3) is 0.333. The van der Waals surface area contributed by atoms with Crippen LogP contribution < -0.4 is 22.3 Å². The molecule has 88 valence electrons. The van der Waals surface area contributed by atoms with Crippen molar-refractivity contribution in [2.75, 3.05) is 30.5 Å². The zero-order chi connectivity index (χ0) is 11.8. The Kier molecular flexibility index (Phi) is 5.03. The molecule has 1 aromatic heterocycles. The number of amides is 1. The van der Waals surface area contributed by atoms with Gasteiger partial charge in [0.25, 0.3) is 0 Å². The van der Waals surface area contributed by atoms with E-state index in [1.165, 1.54) is 0 Å². The van der Waals surface area contributed by atoms with Crippen molar-refractivity contribution in [1.82, 2.24) is 4.98 Å². The molecule has 0 bridgehead atoms. The van der Waals surface area contributed by atoms with Crippen molar-refractivity contribution in [3.05, 3.63) is 18.3 Å². The van der Waals surface area contributed by atoms with Crippen LogP contribution in [0.4, 0.5) is 11.5 Å². The molecule has 0 aromatic carbocycles. The first-order valence-electron chi connectivity index (χ1n) is 4.75. The molecule has 7 nitrogen and oxygen atoms in total. The SMILES string of the molecule is NNc1cc(NCCOCC(N)=O)ccn1. The quantitative estimate of drug-likeness (QED) is 0.276. The molecule has 16 heavy (non-hydrogen) atoms. The molecule has 6 N–H and O–H groups in total. The fourth-order valence-corrected chi connectivity index (χ4v) is 1.06. The summed E-state index contributed by atoms with van der Waals surface area (Å²) < 4.78 is 4.98. The minimum Gasteiger partial charge on any atom is -0.383 e. The number of carbonyl (C=O) groups excluding carboxylic acids is 1. The van der Waals surface area contributed by atoms with Crippen molar-refractivity contribution in [2.24, 2.45) is 11.6 Å². The van der Waals surface area contributed by atoms with E-state index in [1.807, 2.05) is 0 Å². The van der Waals surface area contributed by atoms with Crippen molar-refractivity contribution >= 4 is 17.4 Å². The molecule has 0 unspecified atom stereocenters. The Morgan fingerprint density at radius 1 is 1.56 bits per heavy atom. The Balaban J connectivity index is 2.23. The standard InChI is InChI=1S/C9H15N5O2/c10-8(15)6-16-4-3-12-7-1-2-13-9(5-7)14-11/h1-2,5H,3-4,6,11H2,(H2,10,15)(H2,12,13,14). The Labute approximate surface area is 93.1 Å². The molecule has 0 saturated heterocycles. The molecule has 1 rings (SSSR count). The van der Waals surface area contributed by atoms with Gasteiger partial charge in [0.2, 0.25) is 5.91 Å². The Hall–Kier alpha value is -1.86. The van der Waals surface area contributed by atoms with Gasteiger partial charge in [-0.3, -0.25) is 4.79 Å². The molecule has 0 spiro atoms. The summed E-state index contributed by atoms with van der Waals surface area (Å²) in [6.07, 6.45) is 1.63. The van der Waals surface area contributed by atoms with E-state index in [1.54, 1.807) is 18.3 Å². The van der Waals surface area contributed by atoms with Crippen molar-refractivity contribution in [1.29, 1.82) is 0 Å². The highest BCUT2D eigenvalue weighted by Gasteiger charge is 1.96. The molecule has 0 aliphatic rings. The van der Waals surface area contributed by atoms with Gasteiger partial charge in [-0.1, -0.05) is 0 Å². The first kappa shape index (κ1) is 12.2. The number of nitrogens with zero attached hydrogens (tertiary/aromatic N) is 1. The van der Waals surface area contributed by atoms with Crippen LogP contribution in [-0.4, -0.2) is 30.6 Å². The van der Waals surface area contributed by atoms with Gasteiger partial charge in [-0.2, -0.15) is 0 Å². The predicted octanol–water partition coefficient (Wildman–Crippen LogP) is -0.719. The second-order valence-electron chi connectivity index (χ2n) is 3.02. The maximum atomic E-state index is 10.4. The molecule has 0 radical (unpaired) electrons. The first-order valence-corrected chi connectivity index (χ1v) is 4.75. The summed E-state index contributed by atoms with van der Waals surface area (Å²) in [7, 11) is 0. The van der Waals surface area contributed by atoms with E-state index in [-0.39, 0.29) is 6.61 Å². The largest absolute Gasteiger partial charge is 0.383 e. The Morgan fingerprint density at radius 2 is 2.38 bits per heavy atom. The molecule has 0 fully saturated rings. The molecular weight excluding hydrogens is 210 g/mol. The van der Waals surface area contributed by atoms with Crippen LogP contribution >= 0.6 is 0 Å². The summed E-state index contributed by atoms with van der Waals surface area (Å²) in [6, 6.07) is 3.56. The minimum atomic E-state index is -0.474. The highest BCUT2D eigenvalue weighted by atomic mass is 16.5. The summed E-state index contributed by atoms with van der Waals surface area (Å²) in [5, 5.41) is 3.08. The van der Waals surface area contributed by atoms with Crippen LogP contribution in [0.25, 0.3) is 0 Å². The highest BCUT2D eigenvalue weighted by Crippen LogP contribution is 2.09. The lowest BCUT2D eigenvalue weighted by atomic mass is 10.4. The number of nitrogens with two attached hydrogens (primary N) is 2. The summed E-state index contributed by atoms with van der Waals surface area (Å²) in [6.45, 7) is 0.908. The maximum Gasteiger partial charge on any atom is 0.243 e. The monoisotopic (exact) mass is 225 g/mol. The van der Waals surface area contributed by atoms with E-state index in [2.05, 4.69) is 15.7 Å². The highest BCUT2D eigenvalue weighted by molar-refractivity contribution is 5.74. The molecule has 0 atom stereocenters. The number of primary amides is 1. The summed E-state index contributed by atoms with van der Waals surface area (Å²) in [5.74, 6) is 5.31. The number of nitrogens with one attached hydrogen (secondary N) is 2. The van der Waals surface area contributed by atoms with Crippen LogP contribution in [0.3, 0.4) is 0 Å². The zero-order valence-corrected chi connectivity index (χ0v) is 8.77. The van der Waals surface area contributed by atoms with Gasteiger partial charge in [-0.25, -0.2) is 10.8 Å². The number of carbonyl (C=O) groups is 1. The number of hydrogen-bond acceptors (Lipinski definition) is 6. The predicted molar refractivity (Wildman–Crippen MR) is 60.6 cm³/mol. The first-order chi connectivity index (χ1) is 7.72. The second kappa shape index (κ2) is 6.59. The molecule has 0 aliphatic heterocycles. The fourth-order valence-electron chi connectivity index (χ4n) is 1.06. The minimum absolute atomic E-state index is 0.0619. The van der Waals surface area contributed by atoms with Gasteiger partial charge in [0, 0.05) is 24.5 Å². The summed E-state index contributed by atoms with van der Waals surface area (Å²) in [5.41, 5.74) is 8.22. The molecule has 1 amide bonds. The summed E-state index contributed by atoms with van der Waals surface area (Å²) >= 11 is 0. The number of nitrogen functional groups attached to an aromatic ring is 1. The van der Waals surface area contributed by atoms with Gasteiger partial charge in [0.15, 0.2) is 0 Å². The van der Waals surface area contributed by atoms with Crippen LogP contribution in [0.5, 0.6) is 0 Å². The normalized spacial score (nSPS) is 9.81. The Morgan fingerprint density at radius 3 is 3.06 bits per heavy atom. The van der Waals surface area contributed by atoms with Crippen molar-refractivity contribution in [3.8, 4) is 0 Å². The molecule has 1 heterocycles. The topological polar surface area (TPSA) is 115 Å². The van der Waals surface area contributed by atoms with E-state index in [4.69, 9.17) is 16.3 Å². The number of hydrazine groups is 1. The second-order valence-corrected chi connectivity index (χ2v) is 3.02. The summed E-state index contributed by atoms with van der Waals surface area (Å²) in [4.78, 5) is 14.3. The van der Waals surface area contributed by atoms with E-state index in [9.17, 15) is 4.79 Å². The average Bonchev–Trinajstić information content (AvgIpc) is 2.28. The van der Waals surface area contributed by atoms with Gasteiger partial charge in [0.1, 0.15) is 12.4 Å². The lowest BCUT2D eigenvalue weighted by Crippen LogP contribution is -2.20. The van der Waals surface area contributed by atoms with E-state index >= 15 is 0 Å². The van der Waals surface area contributed by atoms with Crippen LogP contribution in [0, 0.1) is 0 Å². The van der Waals surface area contributed by atoms with Gasteiger partial charge in [0.05, 0.1) is 6.61 Å². The van der Waals surface area contributed by atoms with Crippen molar-refractivity contribution < 1.29 is 9.53 Å². The number of aromatic nitrogens is 1. The van der Waals surface area contributed by atoms with Gasteiger partial charge in [-0.15, -0.1) is 0 Å². The number of pyridine rings is 1. The average molecular weight is 225 g/mol. The van der Waals surface area contributed by atoms with E-state index in [0.29, 0.717) is 19.0 Å². The maximum absolute atomic E-state index is 10.4. The number of anilines is 2. The molecule has 1 aromatic rings. The van der Waals surface area contributed by atoms with E-state index < -0.39 is 5.91 Å². The van der Waals surface area contributed by atoms with Crippen LogP contribution in [0.15, 0.2) is 18.3 Å². The Bertz CT molecular complexity index is 344. The lowest BCUT2D eigenvalue weighted by Gasteiger charge is -2.07. The molecule has 0 aliphatic carbocycles.